The third-order valence-electron chi connectivity index (χ3n) is 4.14. The first kappa shape index (κ1) is 12.8. The van der Waals surface area contributed by atoms with E-state index in [-0.39, 0.29) is 41.9 Å². The number of carbonyl (C=O) groups excluding carboxylic acids is 3. The summed E-state index contributed by atoms with van der Waals surface area (Å²) in [6.07, 6.45) is 5.70. The molecule has 2 fully saturated rings. The van der Waals surface area contributed by atoms with Crippen LogP contribution in [0, 0.1) is 23.7 Å². The summed E-state index contributed by atoms with van der Waals surface area (Å²) >= 11 is 3.21. The third kappa shape index (κ3) is 1.93. The number of alkyl halides is 1. The van der Waals surface area contributed by atoms with E-state index in [0.29, 0.717) is 16.8 Å². The molecule has 2 amide bonds. The summed E-state index contributed by atoms with van der Waals surface area (Å²) in [6.45, 7) is 0. The highest BCUT2D eigenvalue weighted by Crippen LogP contribution is 2.52. The van der Waals surface area contributed by atoms with Crippen molar-refractivity contribution in [2.75, 3.05) is 5.33 Å². The zero-order valence-electron chi connectivity index (χ0n) is 10.3. The zero-order valence-corrected chi connectivity index (χ0v) is 11.8. The van der Waals surface area contributed by atoms with Gasteiger partial charge in [0.05, 0.1) is 11.8 Å². The molecule has 6 heteroatoms. The van der Waals surface area contributed by atoms with E-state index in [4.69, 9.17) is 4.84 Å². The van der Waals surface area contributed by atoms with E-state index >= 15 is 0 Å². The van der Waals surface area contributed by atoms with Gasteiger partial charge in [0.15, 0.2) is 0 Å². The molecule has 0 spiro atoms. The first-order chi connectivity index (χ1) is 9.13. The SMILES string of the molecule is O=C(CCCBr)ON1C(=O)[C@@H]2[C@H](C1=O)[C@@H]1C=C[C@H]2C1. The fraction of sp³-hybridized carbons (Fsp3) is 0.615. The smallest absolute Gasteiger partial charge is 0.330 e. The standard InChI is InChI=1S/C13H14BrNO4/c14-5-1-2-9(16)19-15-12(17)10-7-3-4-8(6-7)11(10)13(15)18/h3-4,7-8,10-11H,1-2,5-6H2/t7-,8+,10-,11+. The van der Waals surface area contributed by atoms with Crippen molar-refractivity contribution in [2.24, 2.45) is 23.7 Å². The molecule has 5 nitrogen and oxygen atoms in total. The lowest BCUT2D eigenvalue weighted by Gasteiger charge is -2.15. The molecule has 0 radical (unpaired) electrons. The van der Waals surface area contributed by atoms with Crippen LogP contribution in [0.1, 0.15) is 19.3 Å². The van der Waals surface area contributed by atoms with Gasteiger partial charge in [-0.05, 0) is 24.7 Å². The fourth-order valence-electron chi connectivity index (χ4n) is 3.32. The summed E-state index contributed by atoms with van der Waals surface area (Å²) in [6, 6.07) is 0. The molecule has 2 aliphatic carbocycles. The van der Waals surface area contributed by atoms with Crippen LogP contribution in [0.3, 0.4) is 0 Å². The van der Waals surface area contributed by atoms with Gasteiger partial charge in [0.25, 0.3) is 11.8 Å². The molecule has 0 aromatic heterocycles. The fourth-order valence-corrected chi connectivity index (χ4v) is 3.60. The number of hydroxylamine groups is 2. The Kier molecular flexibility index (Phi) is 3.20. The van der Waals surface area contributed by atoms with Crippen molar-refractivity contribution in [1.82, 2.24) is 5.06 Å². The molecule has 0 unspecified atom stereocenters. The van der Waals surface area contributed by atoms with Gasteiger partial charge in [-0.25, -0.2) is 4.79 Å². The molecule has 102 valence electrons. The van der Waals surface area contributed by atoms with Gasteiger partial charge >= 0.3 is 5.97 Å². The number of hydrogen-bond donors (Lipinski definition) is 0. The second-order valence-electron chi connectivity index (χ2n) is 5.23. The molecule has 1 saturated heterocycles. The first-order valence-corrected chi connectivity index (χ1v) is 7.58. The second kappa shape index (κ2) is 4.74. The number of allylic oxidation sites excluding steroid dienone is 2. The molecule has 1 saturated carbocycles. The molecule has 0 N–H and O–H groups in total. The number of carbonyl (C=O) groups is 3. The highest BCUT2D eigenvalue weighted by atomic mass is 79.9. The molecule has 2 bridgehead atoms. The Labute approximate surface area is 119 Å². The van der Waals surface area contributed by atoms with Gasteiger partial charge in [0.1, 0.15) is 0 Å². The van der Waals surface area contributed by atoms with Crippen LogP contribution in [0.15, 0.2) is 12.2 Å². The lowest BCUT2D eigenvalue weighted by molar-refractivity contribution is -0.199. The monoisotopic (exact) mass is 327 g/mol. The Morgan fingerprint density at radius 3 is 2.37 bits per heavy atom. The lowest BCUT2D eigenvalue weighted by atomic mass is 9.85. The highest BCUT2D eigenvalue weighted by molar-refractivity contribution is 9.09. The average Bonchev–Trinajstić information content (AvgIpc) is 3.06. The number of rotatable bonds is 4. The van der Waals surface area contributed by atoms with E-state index in [1.807, 2.05) is 12.2 Å². The van der Waals surface area contributed by atoms with Crippen LogP contribution in [0.25, 0.3) is 0 Å². The van der Waals surface area contributed by atoms with Gasteiger partial charge in [-0.1, -0.05) is 28.1 Å². The topological polar surface area (TPSA) is 63.7 Å². The number of amides is 2. The summed E-state index contributed by atoms with van der Waals surface area (Å²) in [7, 11) is 0. The Morgan fingerprint density at radius 1 is 1.26 bits per heavy atom. The zero-order chi connectivity index (χ0) is 13.6. The van der Waals surface area contributed by atoms with Crippen molar-refractivity contribution < 1.29 is 19.2 Å². The van der Waals surface area contributed by atoms with Crippen molar-refractivity contribution in [3.63, 3.8) is 0 Å². The normalized spacial score (nSPS) is 35.1. The largest absolute Gasteiger partial charge is 0.333 e. The molecular formula is C13H14BrNO4. The van der Waals surface area contributed by atoms with Gasteiger partial charge < -0.3 is 4.84 Å². The van der Waals surface area contributed by atoms with E-state index in [0.717, 1.165) is 6.42 Å². The molecule has 1 aliphatic heterocycles. The Bertz CT molecular complexity index is 445. The van der Waals surface area contributed by atoms with Crippen LogP contribution in [0.2, 0.25) is 0 Å². The average molecular weight is 328 g/mol. The quantitative estimate of drug-likeness (QED) is 0.445. The Morgan fingerprint density at radius 2 is 1.84 bits per heavy atom. The minimum Gasteiger partial charge on any atom is -0.330 e. The van der Waals surface area contributed by atoms with Crippen LogP contribution in [0.4, 0.5) is 0 Å². The van der Waals surface area contributed by atoms with Gasteiger partial charge in [0, 0.05) is 11.8 Å². The van der Waals surface area contributed by atoms with E-state index in [1.54, 1.807) is 0 Å². The number of nitrogens with zero attached hydrogens (tertiary/aromatic N) is 1. The predicted molar refractivity (Wildman–Crippen MR) is 68.7 cm³/mol. The molecule has 19 heavy (non-hydrogen) atoms. The van der Waals surface area contributed by atoms with E-state index in [2.05, 4.69) is 15.9 Å². The lowest BCUT2D eigenvalue weighted by Crippen LogP contribution is -2.35. The summed E-state index contributed by atoms with van der Waals surface area (Å²) < 4.78 is 0. The van der Waals surface area contributed by atoms with Crippen LogP contribution < -0.4 is 0 Å². The molecule has 0 aromatic carbocycles. The minimum absolute atomic E-state index is 0.137. The van der Waals surface area contributed by atoms with E-state index in [1.165, 1.54) is 0 Å². The Hall–Kier alpha value is -1.17. The van der Waals surface area contributed by atoms with Crippen molar-refractivity contribution in [3.8, 4) is 0 Å². The molecular weight excluding hydrogens is 314 g/mol. The van der Waals surface area contributed by atoms with Crippen molar-refractivity contribution in [2.45, 2.75) is 19.3 Å². The summed E-state index contributed by atoms with van der Waals surface area (Å²) in [5.41, 5.74) is 0. The third-order valence-corrected chi connectivity index (χ3v) is 4.70. The molecule has 3 rings (SSSR count). The summed E-state index contributed by atoms with van der Waals surface area (Å²) in [5, 5.41) is 1.39. The molecule has 4 atom stereocenters. The van der Waals surface area contributed by atoms with E-state index < -0.39 is 5.97 Å². The minimum atomic E-state index is -0.526. The highest BCUT2D eigenvalue weighted by Gasteiger charge is 2.60. The second-order valence-corrected chi connectivity index (χ2v) is 6.02. The maximum absolute atomic E-state index is 12.2. The first-order valence-electron chi connectivity index (χ1n) is 6.46. The predicted octanol–water partition coefficient (Wildman–Crippen LogP) is 1.43. The molecule has 0 aromatic rings. The van der Waals surface area contributed by atoms with Gasteiger partial charge in [-0.15, -0.1) is 5.06 Å². The van der Waals surface area contributed by atoms with Crippen molar-refractivity contribution in [1.29, 1.82) is 0 Å². The number of fused-ring (bicyclic) bond motifs is 5. The van der Waals surface area contributed by atoms with Gasteiger partial charge in [0.2, 0.25) is 0 Å². The van der Waals surface area contributed by atoms with Crippen LogP contribution >= 0.6 is 15.9 Å². The van der Waals surface area contributed by atoms with Crippen molar-refractivity contribution in [3.05, 3.63) is 12.2 Å². The van der Waals surface area contributed by atoms with Crippen LogP contribution in [0.5, 0.6) is 0 Å². The summed E-state index contributed by atoms with van der Waals surface area (Å²) in [4.78, 5) is 40.9. The number of imide groups is 1. The van der Waals surface area contributed by atoms with Gasteiger partial charge in [-0.2, -0.15) is 0 Å². The Balaban J connectivity index is 1.70. The number of hydrogen-bond acceptors (Lipinski definition) is 4. The number of halogens is 1. The van der Waals surface area contributed by atoms with Crippen LogP contribution in [-0.2, 0) is 19.2 Å². The summed E-state index contributed by atoms with van der Waals surface area (Å²) in [5.74, 6) is -1.58. The maximum Gasteiger partial charge on any atom is 0.333 e. The van der Waals surface area contributed by atoms with E-state index in [9.17, 15) is 14.4 Å². The molecule has 1 heterocycles. The maximum atomic E-state index is 12.2. The van der Waals surface area contributed by atoms with Crippen LogP contribution in [-0.4, -0.2) is 28.2 Å². The van der Waals surface area contributed by atoms with Gasteiger partial charge in [-0.3, -0.25) is 9.59 Å². The molecule has 3 aliphatic rings. The van der Waals surface area contributed by atoms with Crippen molar-refractivity contribution >= 4 is 33.7 Å².